The van der Waals surface area contributed by atoms with Crippen LogP contribution in [0.15, 0.2) is 46.5 Å². The molecule has 29 heavy (non-hydrogen) atoms. The van der Waals surface area contributed by atoms with Gasteiger partial charge >= 0.3 is 5.69 Å². The monoisotopic (exact) mass is 413 g/mol. The third-order valence-corrected chi connectivity index (χ3v) is 4.91. The van der Waals surface area contributed by atoms with E-state index in [0.717, 1.165) is 17.4 Å². The summed E-state index contributed by atoms with van der Waals surface area (Å²) in [7, 11) is 1.59. The number of H-pyrrole nitrogens is 1. The fraction of sp³-hybridized carbons (Fsp3) is 0.278. The Balaban J connectivity index is 1.69. The Labute approximate surface area is 170 Å². The lowest BCUT2D eigenvalue weighted by molar-refractivity contribution is -0.113. The van der Waals surface area contributed by atoms with Crippen molar-refractivity contribution >= 4 is 23.5 Å². The summed E-state index contributed by atoms with van der Waals surface area (Å²) in [6, 6.07) is 11.2. The molecule has 10 nitrogen and oxygen atoms in total. The maximum absolute atomic E-state index is 12.5. The van der Waals surface area contributed by atoms with E-state index in [2.05, 4.69) is 20.6 Å². The van der Waals surface area contributed by atoms with E-state index in [-0.39, 0.29) is 22.9 Å². The molecular weight excluding hydrogens is 394 g/mol. The summed E-state index contributed by atoms with van der Waals surface area (Å²) in [6.07, 6.45) is 2.05. The molecule has 2 N–H and O–H groups in total. The summed E-state index contributed by atoms with van der Waals surface area (Å²) < 4.78 is 7.96. The number of amides is 1. The normalized spacial score (nSPS) is 10.6. The smallest absolute Gasteiger partial charge is 0.343 e. The Morgan fingerprint density at radius 1 is 1.38 bits per heavy atom. The molecule has 0 radical (unpaired) electrons. The number of rotatable bonds is 9. The van der Waals surface area contributed by atoms with Crippen molar-refractivity contribution in [1.29, 1.82) is 5.26 Å². The summed E-state index contributed by atoms with van der Waals surface area (Å²) in [4.78, 5) is 24.3. The number of anilines is 1. The SMILES string of the molecule is COCCCn1c(SCC(=O)Nc2c(C#N)cnn2-c2ccccc2)n[nH]c1=O. The lowest BCUT2D eigenvalue weighted by Crippen LogP contribution is -2.20. The van der Waals surface area contributed by atoms with Gasteiger partial charge in [0.1, 0.15) is 11.6 Å². The van der Waals surface area contributed by atoms with Gasteiger partial charge in [-0.2, -0.15) is 10.4 Å². The number of carbonyl (C=O) groups excluding carboxylic acids is 1. The molecule has 0 saturated carbocycles. The molecule has 0 unspecified atom stereocenters. The van der Waals surface area contributed by atoms with Crippen LogP contribution in [-0.4, -0.2) is 49.9 Å². The predicted molar refractivity (Wildman–Crippen MR) is 107 cm³/mol. The number of aromatic nitrogens is 5. The van der Waals surface area contributed by atoms with Crippen molar-refractivity contribution in [1.82, 2.24) is 24.5 Å². The van der Waals surface area contributed by atoms with E-state index in [1.54, 1.807) is 7.11 Å². The summed E-state index contributed by atoms with van der Waals surface area (Å²) in [5, 5.41) is 23.0. The zero-order chi connectivity index (χ0) is 20.6. The molecule has 3 aromatic rings. The van der Waals surface area contributed by atoms with E-state index in [1.165, 1.54) is 15.4 Å². The summed E-state index contributed by atoms with van der Waals surface area (Å²) in [5.41, 5.74) is 0.637. The predicted octanol–water partition coefficient (Wildman–Crippen LogP) is 1.40. The van der Waals surface area contributed by atoms with Gasteiger partial charge in [0.05, 0.1) is 17.6 Å². The Hall–Kier alpha value is -3.36. The zero-order valence-corrected chi connectivity index (χ0v) is 16.5. The van der Waals surface area contributed by atoms with Crippen LogP contribution >= 0.6 is 11.8 Å². The largest absolute Gasteiger partial charge is 0.385 e. The van der Waals surface area contributed by atoms with Gasteiger partial charge in [0.25, 0.3) is 0 Å². The van der Waals surface area contributed by atoms with Gasteiger partial charge in [-0.1, -0.05) is 30.0 Å². The first-order chi connectivity index (χ1) is 14.1. The van der Waals surface area contributed by atoms with Crippen molar-refractivity contribution in [3.63, 3.8) is 0 Å². The van der Waals surface area contributed by atoms with E-state index in [9.17, 15) is 14.9 Å². The van der Waals surface area contributed by atoms with Crippen molar-refractivity contribution in [2.45, 2.75) is 18.1 Å². The highest BCUT2D eigenvalue weighted by atomic mass is 32.2. The quantitative estimate of drug-likeness (QED) is 0.400. The van der Waals surface area contributed by atoms with E-state index >= 15 is 0 Å². The van der Waals surface area contributed by atoms with Crippen LogP contribution in [0.1, 0.15) is 12.0 Å². The molecule has 0 saturated heterocycles. The highest BCUT2D eigenvalue weighted by molar-refractivity contribution is 7.99. The molecule has 0 aliphatic rings. The molecule has 0 fully saturated rings. The van der Waals surface area contributed by atoms with Gasteiger partial charge < -0.3 is 10.1 Å². The lowest BCUT2D eigenvalue weighted by atomic mass is 10.3. The Morgan fingerprint density at radius 2 is 2.17 bits per heavy atom. The molecule has 11 heteroatoms. The molecule has 3 rings (SSSR count). The van der Waals surface area contributed by atoms with E-state index < -0.39 is 0 Å². The van der Waals surface area contributed by atoms with E-state index in [0.29, 0.717) is 30.5 Å². The second-order valence-corrected chi connectivity index (χ2v) is 6.85. The van der Waals surface area contributed by atoms with Crippen molar-refractivity contribution in [2.75, 3.05) is 24.8 Å². The first kappa shape index (κ1) is 20.4. The number of thioether (sulfide) groups is 1. The number of nitrogens with one attached hydrogen (secondary N) is 2. The molecule has 0 bridgehead atoms. The maximum Gasteiger partial charge on any atom is 0.343 e. The van der Waals surface area contributed by atoms with Gasteiger partial charge in [0.15, 0.2) is 11.0 Å². The van der Waals surface area contributed by atoms with Crippen LogP contribution in [0.3, 0.4) is 0 Å². The van der Waals surface area contributed by atoms with E-state index in [4.69, 9.17) is 4.74 Å². The fourth-order valence-corrected chi connectivity index (χ4v) is 3.36. The van der Waals surface area contributed by atoms with Gasteiger partial charge in [-0.05, 0) is 18.6 Å². The number of methoxy groups -OCH3 is 1. The number of carbonyl (C=O) groups is 1. The first-order valence-corrected chi connectivity index (χ1v) is 9.73. The van der Waals surface area contributed by atoms with E-state index in [1.807, 2.05) is 36.4 Å². The molecule has 1 amide bonds. The highest BCUT2D eigenvalue weighted by Gasteiger charge is 2.16. The molecule has 150 valence electrons. The number of ether oxygens (including phenoxy) is 1. The third-order valence-electron chi connectivity index (χ3n) is 3.93. The summed E-state index contributed by atoms with van der Waals surface area (Å²) in [5.74, 6) is -0.0359. The molecule has 2 heterocycles. The standard InChI is InChI=1S/C18H19N7O3S/c1-28-9-5-8-24-17(27)22-23-18(24)29-12-15(26)21-16-13(10-19)11-20-25(16)14-6-3-2-4-7-14/h2-4,6-7,11H,5,8-9,12H2,1H3,(H,21,26)(H,22,27). The lowest BCUT2D eigenvalue weighted by Gasteiger charge is -2.09. The molecule has 0 aliphatic carbocycles. The minimum atomic E-state index is -0.344. The number of benzene rings is 1. The van der Waals surface area contributed by atoms with Crippen molar-refractivity contribution in [3.8, 4) is 11.8 Å². The van der Waals surface area contributed by atoms with Crippen LogP contribution in [0.5, 0.6) is 0 Å². The maximum atomic E-state index is 12.5. The number of nitriles is 1. The second kappa shape index (κ2) is 9.72. The number of para-hydroxylation sites is 1. The average Bonchev–Trinajstić information content (AvgIpc) is 3.30. The van der Waals surface area contributed by atoms with Gasteiger partial charge in [-0.15, -0.1) is 5.10 Å². The van der Waals surface area contributed by atoms with Gasteiger partial charge in [0, 0.05) is 20.3 Å². The average molecular weight is 413 g/mol. The van der Waals surface area contributed by atoms with Crippen LogP contribution in [0.25, 0.3) is 5.69 Å². The van der Waals surface area contributed by atoms with Crippen LogP contribution in [0, 0.1) is 11.3 Å². The van der Waals surface area contributed by atoms with Crippen LogP contribution in [0.2, 0.25) is 0 Å². The number of hydrogen-bond donors (Lipinski definition) is 2. The third kappa shape index (κ3) is 4.92. The minimum Gasteiger partial charge on any atom is -0.385 e. The molecule has 0 aliphatic heterocycles. The second-order valence-electron chi connectivity index (χ2n) is 5.91. The van der Waals surface area contributed by atoms with Crippen LogP contribution < -0.4 is 11.0 Å². The van der Waals surface area contributed by atoms with Crippen molar-refractivity contribution < 1.29 is 9.53 Å². The summed E-state index contributed by atoms with van der Waals surface area (Å²) in [6.45, 7) is 0.953. The Kier molecular flexibility index (Phi) is 6.83. The first-order valence-electron chi connectivity index (χ1n) is 8.74. The van der Waals surface area contributed by atoms with Crippen molar-refractivity contribution in [2.24, 2.45) is 0 Å². The number of aromatic amines is 1. The molecule has 0 atom stereocenters. The highest BCUT2D eigenvalue weighted by Crippen LogP contribution is 2.20. The molecule has 0 spiro atoms. The Bertz CT molecular complexity index is 1070. The number of hydrogen-bond acceptors (Lipinski definition) is 7. The summed E-state index contributed by atoms with van der Waals surface area (Å²) >= 11 is 1.13. The minimum absolute atomic E-state index is 0.0133. The van der Waals surface area contributed by atoms with Gasteiger partial charge in [-0.3, -0.25) is 9.36 Å². The number of nitrogens with zero attached hydrogens (tertiary/aromatic N) is 5. The van der Waals surface area contributed by atoms with Gasteiger partial charge in [-0.25, -0.2) is 14.6 Å². The van der Waals surface area contributed by atoms with Gasteiger partial charge in [0.2, 0.25) is 5.91 Å². The van der Waals surface area contributed by atoms with Crippen LogP contribution in [-0.2, 0) is 16.1 Å². The van der Waals surface area contributed by atoms with Crippen molar-refractivity contribution in [3.05, 3.63) is 52.6 Å². The zero-order valence-electron chi connectivity index (χ0n) is 15.7. The fourth-order valence-electron chi connectivity index (χ4n) is 2.59. The molecule has 1 aromatic carbocycles. The molecular formula is C18H19N7O3S. The Morgan fingerprint density at radius 3 is 2.90 bits per heavy atom. The van der Waals surface area contributed by atoms with Crippen LogP contribution in [0.4, 0.5) is 5.82 Å². The topological polar surface area (TPSA) is 131 Å². The molecule has 2 aromatic heterocycles.